The number of anilines is 5. The number of hydrogen-bond donors (Lipinski definition) is 16. The summed E-state index contributed by atoms with van der Waals surface area (Å²) in [6.07, 6.45) is -7.62. The standard InChI is InChI=1S/C20H15F4N5O.C19H9F8N5O.C18H12ClF2N5O.C17H11F2N5O2.C17H16N6O/c1-9-4-3-5-12(21)15(9)19(30)27-14-8-25-29-17(14)18-26-13-7-11(20(22,23)24)6-10(2)16(13)28-18;20-9-2-1-3-10(21)13(9)17(33)30-12-6-28-32-15(12)16-29-11-5-7(18(22,23)24)4-8(14(11)31-16)19(25,26)27;1-8-5-12-13(6-9(8)19)24-17(23-12)16-14(7-22-26-16)25-18(27)15-10(20)3-2-4-11(15)21;18-9-2-1-3-10(19)14(9)17(26)23-13-7-20-24-15(13)16-21-11-5-4-8(25)6-12(11)22-16;1-9-7-11(10(2)19-9)17(24)22-14-8-18-23-15(14)16-20-12-5-3-4-6-13(12)21-16/h3-8H,1-2H3,(H,25,29)(H,26,28)(H,27,30);1-6H,(H,28,32)(H,29,31)(H,30,33);2-7H,1H3,(H,22,26)(H,23,24)(H,25,27);1-7,25H,(H,20,24)(H,21,22)(H,23,26);3-6,8H,7H2,1-2H3,(H,18,23)(H,20,21)(H,22,24). The lowest BCUT2D eigenvalue weighted by Gasteiger charge is -2.11. The number of nitrogens with zero attached hydrogens (tertiary/aromatic N) is 11. The summed E-state index contributed by atoms with van der Waals surface area (Å²) in [4.78, 5) is 102. The van der Waals surface area contributed by atoms with Gasteiger partial charge in [0.15, 0.2) is 29.1 Å². The van der Waals surface area contributed by atoms with Crippen LogP contribution in [0.5, 0.6) is 5.75 Å². The number of allylic oxidation sites excluding steroid dienone is 1. The molecular weight excluding hydrogens is 1890 g/mol. The maximum atomic E-state index is 14.1. The Morgan fingerprint density at radius 2 is 0.700 bits per heavy atom. The van der Waals surface area contributed by atoms with Gasteiger partial charge in [-0.3, -0.25) is 54.5 Å². The van der Waals surface area contributed by atoms with Crippen LogP contribution in [-0.4, -0.2) is 141 Å². The highest BCUT2D eigenvalue weighted by atomic mass is 35.5. The SMILES string of the molecule is CC1=NC(C)=C(C(=O)Nc2cn[nH]c2-c2nc3ccccc3[nH]2)C1.Cc1cc2[nH]c(-c3[nH]ncc3NC(=O)c3c(F)cccc3F)nc2cc1Cl.Cc1cccc(F)c1C(=O)Nc1cn[nH]c1-c1nc2c(C)cc(C(F)(F)F)cc2[nH]1.O=C(Nc1cn[nH]c1-c1nc2c(C(F)(F)F)cc(C(F)(F)F)cc2[nH]1)c1c(F)cccc1F.O=C(Nc1cn[nH]c1-c1nc2ccc(O)cc2[nH]1)c1c(F)cccc1F. The number of amides is 5. The Bertz CT molecular complexity index is 8000. The van der Waals surface area contributed by atoms with Crippen molar-refractivity contribution in [2.24, 2.45) is 4.99 Å². The number of carbonyl (C=O) groups excluding carboxylic acids is 5. The van der Waals surface area contributed by atoms with Crippen molar-refractivity contribution < 1.29 is 99.3 Å². The third-order valence-corrected chi connectivity index (χ3v) is 21.5. The number of para-hydroxylation sites is 2. The van der Waals surface area contributed by atoms with Crippen LogP contribution >= 0.6 is 11.6 Å². The van der Waals surface area contributed by atoms with Crippen LogP contribution in [0.1, 0.15) is 95.1 Å². The second-order valence-electron chi connectivity index (χ2n) is 30.7. The molecule has 5 amide bonds. The Morgan fingerprint density at radius 3 is 1.11 bits per heavy atom. The fraction of sp³-hybridized carbons (Fsp3) is 0.0989. The van der Waals surface area contributed by atoms with E-state index in [-0.39, 0.29) is 68.8 Å². The number of nitrogens with one attached hydrogen (secondary N) is 15. The summed E-state index contributed by atoms with van der Waals surface area (Å²) in [6, 6.07) is 31.7. The molecule has 16 N–H and O–H groups in total. The van der Waals surface area contributed by atoms with Gasteiger partial charge in [0.05, 0.1) is 131 Å². The van der Waals surface area contributed by atoms with Gasteiger partial charge in [-0.25, -0.2) is 55.7 Å². The van der Waals surface area contributed by atoms with Gasteiger partial charge in [0, 0.05) is 34.5 Å². The summed E-state index contributed by atoms with van der Waals surface area (Å²) < 4.78 is 216. The predicted octanol–water partition coefficient (Wildman–Crippen LogP) is 21.2. The van der Waals surface area contributed by atoms with E-state index in [1.165, 1.54) is 61.9 Å². The first kappa shape index (κ1) is 95.3. The highest BCUT2D eigenvalue weighted by Gasteiger charge is 2.40. The van der Waals surface area contributed by atoms with Crippen LogP contribution in [0.4, 0.5) is 98.7 Å². The minimum Gasteiger partial charge on any atom is -0.508 e. The average Bonchev–Trinajstić information content (AvgIpc) is 1.62. The van der Waals surface area contributed by atoms with Crippen LogP contribution in [0.25, 0.3) is 113 Å². The molecule has 10 aromatic heterocycles. The van der Waals surface area contributed by atoms with Gasteiger partial charge in [-0.15, -0.1) is 0 Å². The van der Waals surface area contributed by atoms with E-state index in [4.69, 9.17) is 11.6 Å². The third kappa shape index (κ3) is 20.2. The van der Waals surface area contributed by atoms with E-state index < -0.39 is 133 Å². The number of H-pyrrole nitrogens is 10. The quantitative estimate of drug-likeness (QED) is 0.0424. The van der Waals surface area contributed by atoms with Gasteiger partial charge in [-0.2, -0.15) is 65.0 Å². The van der Waals surface area contributed by atoms with Crippen LogP contribution in [0.2, 0.25) is 5.02 Å². The lowest BCUT2D eigenvalue weighted by atomic mass is 10.1. The zero-order chi connectivity index (χ0) is 99.8. The Labute approximate surface area is 776 Å². The number of rotatable bonds is 15. The van der Waals surface area contributed by atoms with Crippen molar-refractivity contribution in [3.8, 4) is 63.3 Å². The van der Waals surface area contributed by atoms with Crippen LogP contribution < -0.4 is 26.6 Å². The van der Waals surface area contributed by atoms with Crippen molar-refractivity contribution in [1.82, 2.24) is 101 Å². The monoisotopic (exact) mass is 1950 g/mol. The molecular formula is C91H63ClF16N26O6. The molecule has 32 nitrogen and oxygen atoms in total. The van der Waals surface area contributed by atoms with E-state index in [0.717, 1.165) is 94.3 Å². The van der Waals surface area contributed by atoms with E-state index in [2.05, 4.69) is 132 Å². The van der Waals surface area contributed by atoms with Gasteiger partial charge in [0.1, 0.15) is 97.1 Å². The van der Waals surface area contributed by atoms with Gasteiger partial charge in [0.2, 0.25) is 0 Å². The Kier molecular flexibility index (Phi) is 26.2. The summed E-state index contributed by atoms with van der Waals surface area (Å²) in [5.41, 5.74) is 3.51. The maximum Gasteiger partial charge on any atom is 0.418 e. The number of halogens is 17. The summed E-state index contributed by atoms with van der Waals surface area (Å²) in [6.45, 7) is 8.77. The van der Waals surface area contributed by atoms with E-state index >= 15 is 0 Å². The molecule has 20 rings (SSSR count). The Morgan fingerprint density at radius 1 is 0.343 bits per heavy atom. The molecule has 0 saturated carbocycles. The molecule has 0 atom stereocenters. The Balaban J connectivity index is 0.000000127. The smallest absolute Gasteiger partial charge is 0.418 e. The highest BCUT2D eigenvalue weighted by molar-refractivity contribution is 6.32. The summed E-state index contributed by atoms with van der Waals surface area (Å²) >= 11 is 6.12. The molecule has 712 valence electrons. The zero-order valence-electron chi connectivity index (χ0n) is 71.9. The number of phenols is 1. The van der Waals surface area contributed by atoms with Crippen molar-refractivity contribution in [3.05, 3.63) is 295 Å². The first-order chi connectivity index (χ1) is 66.6. The highest BCUT2D eigenvalue weighted by Crippen LogP contribution is 2.43. The van der Waals surface area contributed by atoms with E-state index in [1.54, 1.807) is 31.3 Å². The van der Waals surface area contributed by atoms with Crippen molar-refractivity contribution in [1.29, 1.82) is 0 Å². The average molecular weight is 1960 g/mol. The van der Waals surface area contributed by atoms with E-state index in [0.29, 0.717) is 96.5 Å². The fourth-order valence-corrected chi connectivity index (χ4v) is 14.6. The molecule has 0 unspecified atom stereocenters. The normalized spacial score (nSPS) is 12.1. The molecule has 0 radical (unpaired) electrons. The number of aryl methyl sites for hydroxylation is 3. The van der Waals surface area contributed by atoms with Crippen molar-refractivity contribution >= 4 is 130 Å². The number of imidazole rings is 5. The van der Waals surface area contributed by atoms with Gasteiger partial charge in [-0.1, -0.05) is 54.1 Å². The predicted molar refractivity (Wildman–Crippen MR) is 481 cm³/mol. The number of phenolic OH excluding ortho intramolecular Hbond substituents is 1. The van der Waals surface area contributed by atoms with Crippen LogP contribution in [0.3, 0.4) is 0 Å². The van der Waals surface area contributed by atoms with Gasteiger partial charge in [0.25, 0.3) is 29.5 Å². The topological polar surface area (TPSA) is 465 Å². The number of aliphatic imine (C=N–C) groups is 1. The molecule has 1 aliphatic heterocycles. The molecule has 19 aromatic rings. The number of hydrogen-bond acceptors (Lipinski definition) is 17. The summed E-state index contributed by atoms with van der Waals surface area (Å²) in [5.74, 6) is -9.58. The molecule has 11 heterocycles. The first-order valence-electron chi connectivity index (χ1n) is 40.7. The van der Waals surface area contributed by atoms with Gasteiger partial charge >= 0.3 is 18.5 Å². The molecule has 140 heavy (non-hydrogen) atoms. The molecule has 0 bridgehead atoms. The minimum atomic E-state index is -5.15. The zero-order valence-corrected chi connectivity index (χ0v) is 72.6. The number of alkyl halides is 9. The Hall–Kier alpha value is -17.9. The number of fused-ring (bicyclic) bond motifs is 5. The number of aromatic hydroxyl groups is 1. The number of benzene rings is 9. The molecule has 0 spiro atoms. The number of carbonyl (C=O) groups is 5. The lowest BCUT2D eigenvalue weighted by Crippen LogP contribution is -2.16. The lowest BCUT2D eigenvalue weighted by molar-refractivity contribution is -0.142. The summed E-state index contributed by atoms with van der Waals surface area (Å²) in [5, 5.41) is 55.1. The second-order valence-corrected chi connectivity index (χ2v) is 31.1. The van der Waals surface area contributed by atoms with E-state index in [1.807, 2.05) is 51.1 Å². The van der Waals surface area contributed by atoms with E-state index in [9.17, 15) is 99.3 Å². The first-order valence-corrected chi connectivity index (χ1v) is 41.1. The van der Waals surface area contributed by atoms with Crippen molar-refractivity contribution in [2.75, 3.05) is 26.6 Å². The van der Waals surface area contributed by atoms with Gasteiger partial charge in [-0.05, 0) is 154 Å². The number of aromatic nitrogens is 20. The molecule has 0 fully saturated rings. The molecule has 0 saturated heterocycles. The van der Waals surface area contributed by atoms with Crippen molar-refractivity contribution in [2.45, 2.75) is 59.6 Å². The van der Waals surface area contributed by atoms with Gasteiger partial charge < -0.3 is 56.6 Å². The van der Waals surface area contributed by atoms with Crippen LogP contribution in [0.15, 0.2) is 199 Å². The van der Waals surface area contributed by atoms with Crippen molar-refractivity contribution in [3.63, 3.8) is 0 Å². The van der Waals surface area contributed by atoms with Crippen LogP contribution in [-0.2, 0) is 23.3 Å². The summed E-state index contributed by atoms with van der Waals surface area (Å²) in [7, 11) is 0. The minimum absolute atomic E-state index is 0.0659. The van der Waals surface area contributed by atoms with Crippen LogP contribution in [0, 0.1) is 61.5 Å². The maximum absolute atomic E-state index is 14.1. The third-order valence-electron chi connectivity index (χ3n) is 21.1. The number of aromatic amines is 10. The largest absolute Gasteiger partial charge is 0.508 e. The molecule has 49 heteroatoms. The molecule has 9 aromatic carbocycles. The second kappa shape index (κ2) is 38.5. The molecule has 1 aliphatic rings. The fourth-order valence-electron chi connectivity index (χ4n) is 14.5. The molecule has 0 aliphatic carbocycles.